The Morgan fingerprint density at radius 1 is 1.05 bits per heavy atom. The van der Waals surface area contributed by atoms with Crippen LogP contribution in [-0.2, 0) is 12.7 Å². The third kappa shape index (κ3) is 4.46. The molecule has 0 aliphatic heterocycles. The third-order valence-corrected chi connectivity index (χ3v) is 7.51. The lowest BCUT2D eigenvalue weighted by Gasteiger charge is -2.26. The largest absolute Gasteiger partial charge is 0.480 e. The summed E-state index contributed by atoms with van der Waals surface area (Å²) in [5, 5.41) is 5.36. The van der Waals surface area contributed by atoms with Crippen LogP contribution in [-0.4, -0.2) is 46.4 Å². The highest BCUT2D eigenvalue weighted by atomic mass is 19.4. The Hall–Kier alpha value is -4.35. The van der Waals surface area contributed by atoms with E-state index in [9.17, 15) is 13.2 Å². The molecule has 1 aliphatic rings. The summed E-state index contributed by atoms with van der Waals surface area (Å²) in [7, 11) is 1.57. The van der Waals surface area contributed by atoms with Gasteiger partial charge in [-0.1, -0.05) is 30.7 Å². The maximum absolute atomic E-state index is 13.2. The van der Waals surface area contributed by atoms with Crippen molar-refractivity contribution in [3.63, 3.8) is 0 Å². The molecule has 1 aromatic carbocycles. The molecule has 40 heavy (non-hydrogen) atoms. The first-order valence-electron chi connectivity index (χ1n) is 13.1. The minimum absolute atomic E-state index is 0.217. The molecule has 1 saturated carbocycles. The number of aromatic nitrogens is 8. The molecule has 0 spiro atoms. The van der Waals surface area contributed by atoms with Gasteiger partial charge in [-0.2, -0.15) is 18.3 Å². The summed E-state index contributed by atoms with van der Waals surface area (Å²) in [4.78, 5) is 22.2. The van der Waals surface area contributed by atoms with Crippen molar-refractivity contribution >= 4 is 11.0 Å². The second-order valence-corrected chi connectivity index (χ2v) is 9.86. The molecule has 4 aromatic heterocycles. The van der Waals surface area contributed by atoms with Crippen molar-refractivity contribution in [2.45, 2.75) is 57.8 Å². The molecule has 206 valence electrons. The summed E-state index contributed by atoms with van der Waals surface area (Å²) in [6.07, 6.45) is 4.77. The number of benzene rings is 1. The number of rotatable bonds is 7. The number of halogens is 3. The van der Waals surface area contributed by atoms with Gasteiger partial charge in [0.25, 0.3) is 0 Å². The average molecular weight is 549 g/mol. The number of aryl methyl sites for hydroxylation is 1. The van der Waals surface area contributed by atoms with E-state index in [2.05, 4.69) is 25.0 Å². The lowest BCUT2D eigenvalue weighted by Crippen LogP contribution is -2.14. The minimum Gasteiger partial charge on any atom is -0.480 e. The fourth-order valence-electron chi connectivity index (χ4n) is 5.05. The summed E-state index contributed by atoms with van der Waals surface area (Å²) in [5.74, 6) is 1.51. The Kier molecular flexibility index (Phi) is 6.47. The summed E-state index contributed by atoms with van der Waals surface area (Å²) < 4.78 is 48.6. The van der Waals surface area contributed by atoms with Crippen molar-refractivity contribution in [2.24, 2.45) is 0 Å². The summed E-state index contributed by atoms with van der Waals surface area (Å²) in [5.41, 5.74) is 2.85. The molecule has 1 atom stereocenters. The van der Waals surface area contributed by atoms with Crippen LogP contribution in [0.25, 0.3) is 33.8 Å². The van der Waals surface area contributed by atoms with Gasteiger partial charge in [0.2, 0.25) is 5.88 Å². The van der Waals surface area contributed by atoms with E-state index in [4.69, 9.17) is 9.72 Å². The molecule has 1 fully saturated rings. The number of hydrogen-bond donors (Lipinski definition) is 0. The first kappa shape index (κ1) is 25.9. The molecule has 1 aliphatic carbocycles. The highest BCUT2D eigenvalue weighted by Crippen LogP contribution is 2.42. The molecule has 5 aromatic rings. The monoisotopic (exact) mass is 548 g/mol. The van der Waals surface area contributed by atoms with E-state index in [0.717, 1.165) is 42.1 Å². The van der Waals surface area contributed by atoms with Gasteiger partial charge in [0.15, 0.2) is 17.2 Å². The second-order valence-electron chi connectivity index (χ2n) is 9.86. The van der Waals surface area contributed by atoms with Crippen molar-refractivity contribution in [1.29, 1.82) is 0 Å². The van der Waals surface area contributed by atoms with Crippen LogP contribution in [0.2, 0.25) is 0 Å². The predicted molar refractivity (Wildman–Crippen MR) is 142 cm³/mol. The van der Waals surface area contributed by atoms with Gasteiger partial charge in [-0.15, -0.1) is 0 Å². The number of imidazole rings is 1. The number of nitrogens with zero attached hydrogens (tertiary/aromatic N) is 8. The normalized spacial score (nSPS) is 14.8. The summed E-state index contributed by atoms with van der Waals surface area (Å²) in [6, 6.07) is 7.10. The molecule has 4 heterocycles. The van der Waals surface area contributed by atoms with E-state index >= 15 is 0 Å². The topological polar surface area (TPSA) is 96.4 Å². The van der Waals surface area contributed by atoms with Gasteiger partial charge in [0.1, 0.15) is 17.7 Å². The zero-order valence-corrected chi connectivity index (χ0v) is 22.2. The predicted octanol–water partition coefficient (Wildman–Crippen LogP) is 6.07. The van der Waals surface area contributed by atoms with Gasteiger partial charge in [-0.05, 0) is 32.3 Å². The first-order valence-corrected chi connectivity index (χ1v) is 13.1. The van der Waals surface area contributed by atoms with Crippen molar-refractivity contribution in [3.05, 3.63) is 66.1 Å². The molecular weight excluding hydrogens is 521 g/mol. The quantitative estimate of drug-likeness (QED) is 0.244. The van der Waals surface area contributed by atoms with Crippen LogP contribution in [0.4, 0.5) is 13.2 Å². The molecular formula is C28H27F3N8O. The molecule has 0 amide bonds. The SMILES string of the molecule is CCn1cc(C(F)(F)F)nc1-c1ccc([C@H](C)n2ncc3cnc(-c4c(OC)ncnc4C4CCC4)nc32)cc1. The Bertz CT molecular complexity index is 1670. The second kappa shape index (κ2) is 10.00. The van der Waals surface area contributed by atoms with Crippen LogP contribution in [0.1, 0.15) is 62.0 Å². The summed E-state index contributed by atoms with van der Waals surface area (Å²) in [6.45, 7) is 4.15. The number of hydrogen-bond acceptors (Lipinski definition) is 7. The number of ether oxygens (including phenoxy) is 1. The third-order valence-electron chi connectivity index (χ3n) is 7.51. The number of fused-ring (bicyclic) bond motifs is 1. The van der Waals surface area contributed by atoms with Gasteiger partial charge in [-0.25, -0.2) is 29.6 Å². The van der Waals surface area contributed by atoms with Gasteiger partial charge in [0.05, 0.1) is 30.4 Å². The Morgan fingerprint density at radius 2 is 1.82 bits per heavy atom. The Morgan fingerprint density at radius 3 is 2.48 bits per heavy atom. The van der Waals surface area contributed by atoms with Crippen LogP contribution >= 0.6 is 0 Å². The van der Waals surface area contributed by atoms with Gasteiger partial charge in [-0.3, -0.25) is 0 Å². The van der Waals surface area contributed by atoms with E-state index in [-0.39, 0.29) is 11.9 Å². The molecule has 0 N–H and O–H groups in total. The molecule has 0 bridgehead atoms. The zero-order valence-electron chi connectivity index (χ0n) is 22.2. The fourth-order valence-corrected chi connectivity index (χ4v) is 5.05. The zero-order chi connectivity index (χ0) is 28.0. The number of methoxy groups -OCH3 is 1. The van der Waals surface area contributed by atoms with Crippen LogP contribution in [0.15, 0.2) is 49.2 Å². The van der Waals surface area contributed by atoms with E-state index in [0.29, 0.717) is 40.9 Å². The fraction of sp³-hybridized carbons (Fsp3) is 0.357. The lowest BCUT2D eigenvalue weighted by molar-refractivity contribution is -0.140. The van der Waals surface area contributed by atoms with Crippen LogP contribution in [0.3, 0.4) is 0 Å². The molecule has 6 rings (SSSR count). The average Bonchev–Trinajstić information content (AvgIpc) is 3.56. The first-order chi connectivity index (χ1) is 19.3. The highest BCUT2D eigenvalue weighted by Gasteiger charge is 2.35. The van der Waals surface area contributed by atoms with E-state index < -0.39 is 11.9 Å². The van der Waals surface area contributed by atoms with Gasteiger partial charge < -0.3 is 9.30 Å². The molecule has 0 radical (unpaired) electrons. The molecule has 12 heteroatoms. The summed E-state index contributed by atoms with van der Waals surface area (Å²) >= 11 is 0. The molecule has 0 saturated heterocycles. The highest BCUT2D eigenvalue weighted by molar-refractivity contribution is 5.77. The van der Waals surface area contributed by atoms with Crippen molar-refractivity contribution < 1.29 is 17.9 Å². The Balaban J connectivity index is 1.35. The van der Waals surface area contributed by atoms with Gasteiger partial charge in [0, 0.05) is 30.4 Å². The standard InChI is InChI=1S/C28H27F3N8O/c1-4-38-14-21(28(29,30)31)36-25(38)19-10-8-17(9-11-19)16(2)39-26-20(13-35-39)12-32-24(37-26)22-23(18-6-5-7-18)33-15-34-27(22)40-3/h8-16,18H,4-7H2,1-3H3/t16-/m0/s1. The Labute approximate surface area is 228 Å². The van der Waals surface area contributed by atoms with E-state index in [1.807, 2.05) is 23.7 Å². The van der Waals surface area contributed by atoms with Gasteiger partial charge >= 0.3 is 6.18 Å². The van der Waals surface area contributed by atoms with Crippen molar-refractivity contribution in [3.8, 4) is 28.7 Å². The maximum atomic E-state index is 13.2. The molecule has 9 nitrogen and oxygen atoms in total. The van der Waals surface area contributed by atoms with Crippen molar-refractivity contribution in [2.75, 3.05) is 7.11 Å². The minimum atomic E-state index is -4.50. The van der Waals surface area contributed by atoms with Crippen LogP contribution in [0, 0.1) is 0 Å². The van der Waals surface area contributed by atoms with E-state index in [1.54, 1.807) is 38.6 Å². The smallest absolute Gasteiger partial charge is 0.434 e. The lowest BCUT2D eigenvalue weighted by atomic mass is 9.81. The molecule has 0 unspecified atom stereocenters. The van der Waals surface area contributed by atoms with Crippen molar-refractivity contribution in [1.82, 2.24) is 39.3 Å². The maximum Gasteiger partial charge on any atom is 0.434 e. The van der Waals surface area contributed by atoms with E-state index in [1.165, 1.54) is 10.9 Å². The number of alkyl halides is 3. The van der Waals surface area contributed by atoms with Crippen LogP contribution < -0.4 is 4.74 Å². The van der Waals surface area contributed by atoms with Crippen LogP contribution in [0.5, 0.6) is 5.88 Å².